The maximum absolute atomic E-state index is 14.3. The molecule has 28 heavy (non-hydrogen) atoms. The molecular weight excluding hydrogens is 366 g/mol. The highest BCUT2D eigenvalue weighted by Crippen LogP contribution is 2.23. The number of hydrogen-bond acceptors (Lipinski definition) is 3. The molecule has 0 aliphatic rings. The third kappa shape index (κ3) is 3.33. The molecule has 146 valence electrons. The average Bonchev–Trinajstić information content (AvgIpc) is 3.00. The molecule has 0 saturated heterocycles. The Labute approximate surface area is 160 Å². The number of halogens is 2. The van der Waals surface area contributed by atoms with Crippen LogP contribution < -0.4 is 10.6 Å². The first-order chi connectivity index (χ1) is 13.2. The number of aromatic nitrogens is 3. The van der Waals surface area contributed by atoms with Crippen molar-refractivity contribution in [1.82, 2.24) is 14.3 Å². The highest BCUT2D eigenvalue weighted by molar-refractivity contribution is 5.94. The predicted molar refractivity (Wildman–Crippen MR) is 102 cm³/mol. The minimum absolute atomic E-state index is 0.118. The third-order valence-electron chi connectivity index (χ3n) is 4.57. The lowest BCUT2D eigenvalue weighted by Crippen LogP contribution is -2.44. The van der Waals surface area contributed by atoms with E-state index in [0.29, 0.717) is 11.8 Å². The molecule has 0 radical (unpaired) electrons. The first-order valence-electron chi connectivity index (χ1n) is 8.74. The predicted octanol–water partition coefficient (Wildman–Crippen LogP) is 3.81. The maximum Gasteiger partial charge on any atom is 0.358 e. The lowest BCUT2D eigenvalue weighted by Gasteiger charge is -2.26. The quantitative estimate of drug-likeness (QED) is 0.688. The molecule has 2 aromatic carbocycles. The van der Waals surface area contributed by atoms with Crippen molar-refractivity contribution in [3.05, 3.63) is 76.0 Å². The number of amides is 1. The Bertz CT molecular complexity index is 1100. The molecule has 0 N–H and O–H groups in total. The Balaban J connectivity index is 2.08. The SMILES string of the molecule is Cc1cccc(-n2ncn(C(=O)N(c3ccc(F)cc3F)C(C)C)c2=O)c1C. The van der Waals surface area contributed by atoms with Crippen molar-refractivity contribution >= 4 is 11.7 Å². The summed E-state index contributed by atoms with van der Waals surface area (Å²) in [5.41, 5.74) is 1.59. The number of benzene rings is 2. The number of anilines is 1. The molecule has 3 aromatic rings. The van der Waals surface area contributed by atoms with Crippen LogP contribution in [0.5, 0.6) is 0 Å². The molecule has 1 amide bonds. The second kappa shape index (κ2) is 7.38. The van der Waals surface area contributed by atoms with Crippen molar-refractivity contribution in [3.8, 4) is 5.69 Å². The van der Waals surface area contributed by atoms with Crippen molar-refractivity contribution in [2.75, 3.05) is 4.90 Å². The zero-order chi connectivity index (χ0) is 20.6. The minimum atomic E-state index is -0.892. The Morgan fingerprint density at radius 2 is 1.86 bits per heavy atom. The second-order valence-electron chi connectivity index (χ2n) is 6.76. The van der Waals surface area contributed by atoms with Gasteiger partial charge in [-0.3, -0.25) is 4.90 Å². The molecule has 0 aliphatic carbocycles. The zero-order valence-electron chi connectivity index (χ0n) is 16.0. The summed E-state index contributed by atoms with van der Waals surface area (Å²) in [6.07, 6.45) is 1.10. The van der Waals surface area contributed by atoms with Gasteiger partial charge in [0, 0.05) is 12.1 Å². The van der Waals surface area contributed by atoms with Crippen LogP contribution in [0.2, 0.25) is 0 Å². The van der Waals surface area contributed by atoms with E-state index in [1.54, 1.807) is 26.0 Å². The van der Waals surface area contributed by atoms with Crippen LogP contribution >= 0.6 is 0 Å². The first-order valence-corrected chi connectivity index (χ1v) is 8.74. The molecule has 8 heteroatoms. The molecule has 0 atom stereocenters. The summed E-state index contributed by atoms with van der Waals surface area (Å²) in [6, 6.07) is 7.09. The van der Waals surface area contributed by atoms with E-state index in [2.05, 4.69) is 5.10 Å². The van der Waals surface area contributed by atoms with E-state index < -0.39 is 29.4 Å². The van der Waals surface area contributed by atoms with Crippen molar-refractivity contribution < 1.29 is 13.6 Å². The van der Waals surface area contributed by atoms with Crippen LogP contribution in [0.25, 0.3) is 5.69 Å². The van der Waals surface area contributed by atoms with Gasteiger partial charge >= 0.3 is 11.7 Å². The molecule has 0 aliphatic heterocycles. The number of carbonyl (C=O) groups excluding carboxylic acids is 1. The topological polar surface area (TPSA) is 60.1 Å². The van der Waals surface area contributed by atoms with Crippen LogP contribution in [-0.4, -0.2) is 26.4 Å². The number of rotatable bonds is 3. The van der Waals surface area contributed by atoms with Gasteiger partial charge in [0.15, 0.2) is 0 Å². The number of hydrogen-bond donors (Lipinski definition) is 0. The van der Waals surface area contributed by atoms with Gasteiger partial charge in [0.25, 0.3) is 0 Å². The van der Waals surface area contributed by atoms with Gasteiger partial charge in [0.2, 0.25) is 0 Å². The molecule has 0 bridgehead atoms. The highest BCUT2D eigenvalue weighted by atomic mass is 19.1. The van der Waals surface area contributed by atoms with Gasteiger partial charge in [0.1, 0.15) is 18.0 Å². The van der Waals surface area contributed by atoms with E-state index >= 15 is 0 Å². The highest BCUT2D eigenvalue weighted by Gasteiger charge is 2.26. The molecule has 0 fully saturated rings. The van der Waals surface area contributed by atoms with E-state index in [1.165, 1.54) is 6.07 Å². The maximum atomic E-state index is 14.3. The molecule has 0 saturated carbocycles. The van der Waals surface area contributed by atoms with Gasteiger partial charge in [0.05, 0.1) is 11.4 Å². The monoisotopic (exact) mass is 386 g/mol. The average molecular weight is 386 g/mol. The van der Waals surface area contributed by atoms with Crippen LogP contribution in [0.3, 0.4) is 0 Å². The van der Waals surface area contributed by atoms with Crippen LogP contribution in [0.4, 0.5) is 19.3 Å². The van der Waals surface area contributed by atoms with E-state index in [9.17, 15) is 18.4 Å². The Morgan fingerprint density at radius 1 is 1.14 bits per heavy atom. The van der Waals surface area contributed by atoms with Crippen LogP contribution in [0, 0.1) is 25.5 Å². The molecule has 1 heterocycles. The number of nitrogens with zero attached hydrogens (tertiary/aromatic N) is 4. The third-order valence-corrected chi connectivity index (χ3v) is 4.57. The number of aryl methyl sites for hydroxylation is 1. The summed E-state index contributed by atoms with van der Waals surface area (Å²) < 4.78 is 29.4. The van der Waals surface area contributed by atoms with Gasteiger partial charge in [-0.2, -0.15) is 14.3 Å². The summed E-state index contributed by atoms with van der Waals surface area (Å²) in [7, 11) is 0. The lowest BCUT2D eigenvalue weighted by molar-refractivity contribution is 0.245. The van der Waals surface area contributed by atoms with Gasteiger partial charge in [-0.05, 0) is 57.0 Å². The number of carbonyl (C=O) groups is 1. The van der Waals surface area contributed by atoms with E-state index in [-0.39, 0.29) is 5.69 Å². The van der Waals surface area contributed by atoms with E-state index in [4.69, 9.17) is 0 Å². The van der Waals surface area contributed by atoms with Crippen molar-refractivity contribution in [1.29, 1.82) is 0 Å². The Hall–Kier alpha value is -3.29. The first kappa shape index (κ1) is 19.5. The van der Waals surface area contributed by atoms with E-state index in [1.807, 2.05) is 19.9 Å². The Morgan fingerprint density at radius 3 is 2.50 bits per heavy atom. The molecule has 0 unspecified atom stereocenters. The molecular formula is C20H20F2N4O2. The molecule has 6 nitrogen and oxygen atoms in total. The molecule has 1 aromatic heterocycles. The van der Waals surface area contributed by atoms with Gasteiger partial charge in [-0.15, -0.1) is 0 Å². The normalized spacial score (nSPS) is 11.1. The largest absolute Gasteiger partial charge is 0.358 e. The van der Waals surface area contributed by atoms with Crippen molar-refractivity contribution in [2.45, 2.75) is 33.7 Å². The van der Waals surface area contributed by atoms with Crippen LogP contribution in [-0.2, 0) is 0 Å². The Kier molecular flexibility index (Phi) is 5.13. The van der Waals surface area contributed by atoms with Gasteiger partial charge < -0.3 is 0 Å². The molecule has 3 rings (SSSR count). The summed E-state index contributed by atoms with van der Waals surface area (Å²) in [4.78, 5) is 26.9. The minimum Gasteiger partial charge on any atom is -0.288 e. The van der Waals surface area contributed by atoms with Crippen molar-refractivity contribution in [2.24, 2.45) is 0 Å². The fourth-order valence-electron chi connectivity index (χ4n) is 2.96. The zero-order valence-corrected chi connectivity index (χ0v) is 16.0. The lowest BCUT2D eigenvalue weighted by atomic mass is 10.1. The van der Waals surface area contributed by atoms with Crippen molar-refractivity contribution in [3.63, 3.8) is 0 Å². The summed E-state index contributed by atoms with van der Waals surface area (Å²) >= 11 is 0. The van der Waals surface area contributed by atoms with Crippen LogP contribution in [0.1, 0.15) is 25.0 Å². The summed E-state index contributed by atoms with van der Waals surface area (Å²) in [5, 5.41) is 4.05. The summed E-state index contributed by atoms with van der Waals surface area (Å²) in [5.74, 6) is -1.64. The van der Waals surface area contributed by atoms with Gasteiger partial charge in [-0.1, -0.05) is 12.1 Å². The van der Waals surface area contributed by atoms with Gasteiger partial charge in [-0.25, -0.2) is 18.4 Å². The van der Waals surface area contributed by atoms with E-state index in [0.717, 1.165) is 37.7 Å². The molecule has 0 spiro atoms. The second-order valence-corrected chi connectivity index (χ2v) is 6.76. The smallest absolute Gasteiger partial charge is 0.288 e. The fourth-order valence-corrected chi connectivity index (χ4v) is 2.96. The standard InChI is InChI=1S/C20H20F2N4O2/c1-12(2)25(18-9-8-15(21)10-16(18)22)19(27)24-11-23-26(20(24)28)17-7-5-6-13(3)14(17)4/h5-12H,1-4H3. The van der Waals surface area contributed by atoms with Crippen LogP contribution in [0.15, 0.2) is 47.5 Å². The fraction of sp³-hybridized carbons (Fsp3) is 0.250. The summed E-state index contributed by atoms with van der Waals surface area (Å²) in [6.45, 7) is 7.10.